The predicted molar refractivity (Wildman–Crippen MR) is 217 cm³/mol. The molecule has 0 saturated carbocycles. The molecular weight excluding hydrogens is 617 g/mol. The molecule has 0 N–H and O–H groups in total. The fraction of sp³-hybridized carbons (Fsp3) is 0.0400. The molecule has 0 saturated heterocycles. The van der Waals surface area contributed by atoms with E-state index < -0.39 is 268 Å². The number of furan rings is 1. The topological polar surface area (TPSA) is 13.1 Å². The highest BCUT2D eigenvalue weighted by atomic mass is 16.3. The van der Waals surface area contributed by atoms with E-state index in [0.29, 0.717) is 0 Å². The van der Waals surface area contributed by atoms with Crippen LogP contribution in [0.1, 0.15) is 49.5 Å². The molecule has 0 aliphatic rings. The molecule has 1 heteroatoms. The van der Waals surface area contributed by atoms with E-state index in [4.69, 9.17) is 27.7 Å². The molecule has 0 aliphatic heterocycles. The van der Waals surface area contributed by atoms with Crippen LogP contribution < -0.4 is 0 Å². The van der Waals surface area contributed by atoms with Gasteiger partial charge in [0.15, 0.2) is 0 Å². The lowest BCUT2D eigenvalue weighted by Gasteiger charge is -2.20. The zero-order valence-corrected chi connectivity index (χ0v) is 26.4. The number of fused-ring (bicyclic) bond motifs is 6. The second kappa shape index (κ2) is 11.6. The highest BCUT2D eigenvalue weighted by Gasteiger charge is 2.20. The van der Waals surface area contributed by atoms with Crippen LogP contribution in [0, 0.1) is 13.8 Å². The van der Waals surface area contributed by atoms with Crippen molar-refractivity contribution in [2.24, 2.45) is 0 Å². The standard InChI is InChI=1S/C50H34O/c1-31-19-21-34(22-20-31)39-25-38(33-12-4-3-5-13-33)26-40(27-39)49-41-16-8-9-17-42(41)50(48-32(2)11-10-18-43(48)49)37-23-24-46-44(29-37)45-28-35-14-6-7-15-36(35)30-47(45)51-46/h3-30H,1-2H3/i3D,4D,5D,6D,7D,8D,9D,10D,11D,12D,13D,14D,15D,16D,17D,18D,19D,20D,21D,22D,23D,24D,25D,26D,27D,28D,29D,30D. The average Bonchev–Trinajstić information content (AvgIpc) is 3.84. The molecule has 10 rings (SSSR count). The summed E-state index contributed by atoms with van der Waals surface area (Å²) in [6.45, 7) is 2.50. The first kappa shape index (κ1) is 12.7. The van der Waals surface area contributed by atoms with Crippen molar-refractivity contribution >= 4 is 54.3 Å². The summed E-state index contributed by atoms with van der Waals surface area (Å²) in [7, 11) is 0. The first-order valence-electron chi connectivity index (χ1n) is 29.4. The molecule has 1 heterocycles. The summed E-state index contributed by atoms with van der Waals surface area (Å²) in [6.07, 6.45) is 0. The highest BCUT2D eigenvalue weighted by molar-refractivity contribution is 6.23. The maximum atomic E-state index is 10.0. The van der Waals surface area contributed by atoms with E-state index in [1.807, 2.05) is 0 Å². The Bertz CT molecular complexity index is 4360. The van der Waals surface area contributed by atoms with E-state index in [0.717, 1.165) is 0 Å². The molecule has 1 aromatic heterocycles. The van der Waals surface area contributed by atoms with Crippen molar-refractivity contribution in [2.45, 2.75) is 13.8 Å². The van der Waals surface area contributed by atoms with Gasteiger partial charge in [-0.2, -0.15) is 0 Å². The molecule has 0 aliphatic carbocycles. The fourth-order valence-corrected chi connectivity index (χ4v) is 6.14. The summed E-state index contributed by atoms with van der Waals surface area (Å²) in [6, 6.07) is -24.5. The molecule has 0 fully saturated rings. The van der Waals surface area contributed by atoms with Crippen LogP contribution in [0.15, 0.2) is 174 Å². The largest absolute Gasteiger partial charge is 0.456 e. The quantitative estimate of drug-likeness (QED) is 0.169. The maximum absolute atomic E-state index is 10.0. The zero-order chi connectivity index (χ0) is 58.4. The number of hydrogen-bond acceptors (Lipinski definition) is 1. The Kier molecular flexibility index (Phi) is 2.89. The smallest absolute Gasteiger partial charge is 0.136 e. The van der Waals surface area contributed by atoms with E-state index in [1.54, 1.807) is 0 Å². The van der Waals surface area contributed by atoms with Crippen LogP contribution in [0.2, 0.25) is 0 Å². The van der Waals surface area contributed by atoms with Gasteiger partial charge >= 0.3 is 0 Å². The van der Waals surface area contributed by atoms with Gasteiger partial charge < -0.3 is 4.42 Å². The summed E-state index contributed by atoms with van der Waals surface area (Å²) >= 11 is 0. The molecule has 240 valence electrons. The molecule has 0 bridgehead atoms. The third-order valence-corrected chi connectivity index (χ3v) is 8.39. The monoisotopic (exact) mass is 678 g/mol. The Hall–Kier alpha value is -6.44. The van der Waals surface area contributed by atoms with Crippen LogP contribution in [0.5, 0.6) is 0 Å². The van der Waals surface area contributed by atoms with Gasteiger partial charge in [0, 0.05) is 10.8 Å². The van der Waals surface area contributed by atoms with Crippen LogP contribution in [0.25, 0.3) is 98.8 Å². The zero-order valence-electron chi connectivity index (χ0n) is 54.4. The van der Waals surface area contributed by atoms with Gasteiger partial charge in [-0.05, 0) is 139 Å². The van der Waals surface area contributed by atoms with Crippen molar-refractivity contribution in [1.82, 2.24) is 0 Å². The van der Waals surface area contributed by atoms with Gasteiger partial charge in [0.05, 0.1) is 38.4 Å². The number of rotatable bonds is 4. The van der Waals surface area contributed by atoms with Crippen molar-refractivity contribution in [3.05, 3.63) is 180 Å². The van der Waals surface area contributed by atoms with Gasteiger partial charge in [-0.3, -0.25) is 0 Å². The van der Waals surface area contributed by atoms with Crippen molar-refractivity contribution in [3.63, 3.8) is 0 Å². The second-order valence-corrected chi connectivity index (χ2v) is 11.5. The van der Waals surface area contributed by atoms with Crippen molar-refractivity contribution in [1.29, 1.82) is 0 Å². The molecule has 0 atom stereocenters. The Morgan fingerprint density at radius 3 is 1.73 bits per heavy atom. The van der Waals surface area contributed by atoms with E-state index in [-0.39, 0.29) is 11.1 Å². The normalized spacial score (nSPS) is 19.4. The third-order valence-electron chi connectivity index (χ3n) is 8.39. The van der Waals surface area contributed by atoms with Crippen LogP contribution >= 0.6 is 0 Å². The minimum absolute atomic E-state index is 0.174. The maximum Gasteiger partial charge on any atom is 0.136 e. The molecule has 0 spiro atoms. The highest BCUT2D eigenvalue weighted by Crippen LogP contribution is 2.47. The average molecular weight is 679 g/mol. The molecule has 10 aromatic rings. The summed E-state index contributed by atoms with van der Waals surface area (Å²) in [4.78, 5) is 0. The first-order valence-corrected chi connectivity index (χ1v) is 15.4. The van der Waals surface area contributed by atoms with Crippen LogP contribution in [0.4, 0.5) is 0 Å². The fourth-order valence-electron chi connectivity index (χ4n) is 6.14. The molecule has 0 radical (unpaired) electrons. The van der Waals surface area contributed by atoms with Gasteiger partial charge in [0.2, 0.25) is 0 Å². The summed E-state index contributed by atoms with van der Waals surface area (Å²) in [5, 5.41) is -4.41. The third kappa shape index (κ3) is 4.85. The van der Waals surface area contributed by atoms with Crippen molar-refractivity contribution < 1.29 is 42.8 Å². The summed E-state index contributed by atoms with van der Waals surface area (Å²) < 4.78 is 262. The van der Waals surface area contributed by atoms with E-state index in [2.05, 4.69) is 0 Å². The van der Waals surface area contributed by atoms with E-state index >= 15 is 0 Å². The van der Waals surface area contributed by atoms with Gasteiger partial charge in [0.1, 0.15) is 11.2 Å². The van der Waals surface area contributed by atoms with Crippen LogP contribution in [0.3, 0.4) is 0 Å². The van der Waals surface area contributed by atoms with Crippen LogP contribution in [-0.4, -0.2) is 0 Å². The Labute approximate surface area is 336 Å². The molecule has 1 nitrogen and oxygen atoms in total. The number of aryl methyl sites for hydroxylation is 1. The SMILES string of the molecule is [2H]c1c([2H])c([2H])c(-c2c([2H])c(-c3c([2H])c([2H])c(C)c([2H])c3[2H])c([2H])c(-c3c4c([2H])c([2H])c([2H])c([2H])c4c(-c4c([2H])c([2H])c5oc6c([2H])c7c([2H])c([2H])c([2H])c([2H])c7c([2H])c6c5c4[2H])c4c(C)c([2H])c([2H])c([2H])c34)c2[2H])c([2H])c1[2H]. The van der Waals surface area contributed by atoms with Crippen LogP contribution in [-0.2, 0) is 0 Å². The Morgan fingerprint density at radius 1 is 0.373 bits per heavy atom. The molecule has 51 heavy (non-hydrogen) atoms. The van der Waals surface area contributed by atoms with Gasteiger partial charge in [-0.25, -0.2) is 0 Å². The number of benzene rings is 9. The first-order chi connectivity index (χ1) is 36.8. The molecular formula is C50H34O. The van der Waals surface area contributed by atoms with Gasteiger partial charge in [0.25, 0.3) is 0 Å². The summed E-state index contributed by atoms with van der Waals surface area (Å²) in [5.74, 6) is 0. The predicted octanol–water partition coefficient (Wildman–Crippen LogP) is 14.3. The lowest BCUT2D eigenvalue weighted by Crippen LogP contribution is -1.94. The number of hydrogen-bond donors (Lipinski definition) is 0. The summed E-state index contributed by atoms with van der Waals surface area (Å²) in [5.41, 5.74) is -7.84. The minimum Gasteiger partial charge on any atom is -0.456 e. The molecule has 9 aromatic carbocycles. The van der Waals surface area contributed by atoms with Gasteiger partial charge in [-0.1, -0.05) is 132 Å². The van der Waals surface area contributed by atoms with Crippen molar-refractivity contribution in [3.8, 4) is 44.5 Å². The molecule has 0 amide bonds. The van der Waals surface area contributed by atoms with E-state index in [9.17, 15) is 15.1 Å². The minimum atomic E-state index is -1.08. The van der Waals surface area contributed by atoms with Gasteiger partial charge in [-0.15, -0.1) is 0 Å². The lowest BCUT2D eigenvalue weighted by atomic mass is 9.83. The van der Waals surface area contributed by atoms with Crippen molar-refractivity contribution in [2.75, 3.05) is 0 Å². The second-order valence-electron chi connectivity index (χ2n) is 11.5. The van der Waals surface area contributed by atoms with E-state index in [1.165, 1.54) is 13.8 Å². The molecule has 0 unspecified atom stereocenters. The lowest BCUT2D eigenvalue weighted by molar-refractivity contribution is 0.669. The Morgan fingerprint density at radius 2 is 0.961 bits per heavy atom. The Balaban J connectivity index is 1.54.